The van der Waals surface area contributed by atoms with Gasteiger partial charge in [-0.25, -0.2) is 4.79 Å². The smallest absolute Gasteiger partial charge is 0.338 e. The van der Waals surface area contributed by atoms with Crippen molar-refractivity contribution in [2.45, 2.75) is 31.5 Å². The van der Waals surface area contributed by atoms with Crippen LogP contribution in [0.3, 0.4) is 0 Å². The lowest BCUT2D eigenvalue weighted by molar-refractivity contribution is -0.143. The van der Waals surface area contributed by atoms with Crippen molar-refractivity contribution in [2.75, 3.05) is 0 Å². The lowest BCUT2D eigenvalue weighted by Crippen LogP contribution is -2.29. The van der Waals surface area contributed by atoms with Crippen LogP contribution in [0.15, 0.2) is 30.3 Å². The summed E-state index contributed by atoms with van der Waals surface area (Å²) in [6.45, 7) is 0. The van der Waals surface area contributed by atoms with Gasteiger partial charge in [0, 0.05) is 6.42 Å². The highest BCUT2D eigenvalue weighted by molar-refractivity contribution is 5.89. The molecule has 1 saturated carbocycles. The van der Waals surface area contributed by atoms with Crippen LogP contribution in [-0.4, -0.2) is 24.1 Å². The number of hydrogen-bond acceptors (Lipinski definition) is 4. The van der Waals surface area contributed by atoms with Gasteiger partial charge >= 0.3 is 11.9 Å². The van der Waals surface area contributed by atoms with Gasteiger partial charge in [-0.1, -0.05) is 18.2 Å². The van der Waals surface area contributed by atoms with Crippen LogP contribution in [0.1, 0.15) is 29.6 Å². The first kappa shape index (κ1) is 11.3. The van der Waals surface area contributed by atoms with Gasteiger partial charge in [-0.05, 0) is 25.0 Å². The largest absolute Gasteiger partial charge is 0.462 e. The minimum atomic E-state index is -0.325. The van der Waals surface area contributed by atoms with Crippen LogP contribution in [0.2, 0.25) is 0 Å². The highest BCUT2D eigenvalue weighted by Gasteiger charge is 2.43. The van der Waals surface area contributed by atoms with Crippen molar-refractivity contribution >= 4 is 11.9 Å². The molecule has 2 bridgehead atoms. The highest BCUT2D eigenvalue weighted by Crippen LogP contribution is 2.35. The second-order valence-corrected chi connectivity index (χ2v) is 4.86. The number of benzene rings is 1. The number of esters is 2. The van der Waals surface area contributed by atoms with Crippen molar-refractivity contribution in [2.24, 2.45) is 5.92 Å². The molecule has 1 saturated heterocycles. The van der Waals surface area contributed by atoms with Crippen LogP contribution in [-0.2, 0) is 14.3 Å². The van der Waals surface area contributed by atoms with E-state index in [1.54, 1.807) is 24.3 Å². The Hall–Kier alpha value is -1.84. The third-order valence-corrected chi connectivity index (χ3v) is 3.52. The zero-order chi connectivity index (χ0) is 12.5. The Labute approximate surface area is 105 Å². The predicted octanol–water partition coefficient (Wildman–Crippen LogP) is 1.94. The average molecular weight is 246 g/mol. The van der Waals surface area contributed by atoms with E-state index in [2.05, 4.69) is 0 Å². The molecule has 0 amide bonds. The van der Waals surface area contributed by atoms with Crippen LogP contribution in [0.25, 0.3) is 0 Å². The molecule has 3 rings (SSSR count). The Morgan fingerprint density at radius 1 is 1.17 bits per heavy atom. The van der Waals surface area contributed by atoms with Crippen LogP contribution in [0, 0.1) is 5.92 Å². The van der Waals surface area contributed by atoms with Crippen LogP contribution in [0.5, 0.6) is 0 Å². The van der Waals surface area contributed by atoms with E-state index in [1.807, 2.05) is 6.07 Å². The Balaban J connectivity index is 1.64. The van der Waals surface area contributed by atoms with E-state index in [0.717, 1.165) is 6.42 Å². The Morgan fingerprint density at radius 3 is 2.67 bits per heavy atom. The number of rotatable bonds is 2. The maximum absolute atomic E-state index is 11.9. The fourth-order valence-corrected chi connectivity index (χ4v) is 2.66. The zero-order valence-corrected chi connectivity index (χ0v) is 9.87. The van der Waals surface area contributed by atoms with Gasteiger partial charge in [0.2, 0.25) is 0 Å². The fourth-order valence-electron chi connectivity index (χ4n) is 2.66. The van der Waals surface area contributed by atoms with Crippen molar-refractivity contribution in [3.05, 3.63) is 35.9 Å². The van der Waals surface area contributed by atoms with E-state index in [0.29, 0.717) is 18.4 Å². The average Bonchev–Trinajstić information content (AvgIpc) is 2.64. The summed E-state index contributed by atoms with van der Waals surface area (Å²) in [4.78, 5) is 23.3. The first-order chi connectivity index (χ1) is 8.72. The molecule has 94 valence electrons. The third kappa shape index (κ3) is 2.10. The van der Waals surface area contributed by atoms with Gasteiger partial charge in [0.15, 0.2) is 0 Å². The number of fused-ring (bicyclic) bond motifs is 2. The van der Waals surface area contributed by atoms with Crippen molar-refractivity contribution in [3.63, 3.8) is 0 Å². The molecular weight excluding hydrogens is 232 g/mol. The van der Waals surface area contributed by atoms with Crippen molar-refractivity contribution < 1.29 is 19.1 Å². The Morgan fingerprint density at radius 2 is 1.94 bits per heavy atom. The van der Waals surface area contributed by atoms with Gasteiger partial charge in [-0.15, -0.1) is 0 Å². The maximum atomic E-state index is 11.9. The molecule has 18 heavy (non-hydrogen) atoms. The zero-order valence-electron chi connectivity index (χ0n) is 9.87. The van der Waals surface area contributed by atoms with E-state index >= 15 is 0 Å². The summed E-state index contributed by atoms with van der Waals surface area (Å²) >= 11 is 0. The molecule has 4 heteroatoms. The van der Waals surface area contributed by atoms with Gasteiger partial charge in [0.25, 0.3) is 0 Å². The normalized spacial score (nSPS) is 29.8. The number of carbonyl (C=O) groups is 2. The highest BCUT2D eigenvalue weighted by atomic mass is 16.6. The summed E-state index contributed by atoms with van der Waals surface area (Å²) in [7, 11) is 0. The van der Waals surface area contributed by atoms with E-state index in [4.69, 9.17) is 9.47 Å². The molecule has 4 nitrogen and oxygen atoms in total. The molecule has 1 aliphatic carbocycles. The summed E-state index contributed by atoms with van der Waals surface area (Å²) in [6.07, 6.45) is 1.73. The number of carbonyl (C=O) groups excluding carboxylic acids is 2. The van der Waals surface area contributed by atoms with Gasteiger partial charge < -0.3 is 9.47 Å². The molecule has 1 aromatic rings. The third-order valence-electron chi connectivity index (χ3n) is 3.52. The topological polar surface area (TPSA) is 52.6 Å². The first-order valence-corrected chi connectivity index (χ1v) is 6.19. The van der Waals surface area contributed by atoms with E-state index < -0.39 is 0 Å². The van der Waals surface area contributed by atoms with E-state index in [-0.39, 0.29) is 30.1 Å². The van der Waals surface area contributed by atoms with Crippen LogP contribution < -0.4 is 0 Å². The van der Waals surface area contributed by atoms with Gasteiger partial charge in [-0.3, -0.25) is 4.79 Å². The Bertz CT molecular complexity index is 468. The second-order valence-electron chi connectivity index (χ2n) is 4.86. The van der Waals surface area contributed by atoms with Crippen molar-refractivity contribution in [1.82, 2.24) is 0 Å². The fraction of sp³-hybridized carbons (Fsp3) is 0.429. The predicted molar refractivity (Wildman–Crippen MR) is 62.9 cm³/mol. The summed E-state index contributed by atoms with van der Waals surface area (Å²) in [5, 5.41) is 0. The van der Waals surface area contributed by atoms with E-state index in [9.17, 15) is 9.59 Å². The van der Waals surface area contributed by atoms with Crippen molar-refractivity contribution in [1.29, 1.82) is 0 Å². The standard InChI is InChI=1S/C14H14O4/c15-13(9-4-2-1-3-5-9)17-11-6-10-7-12(8-11)18-14(10)16/h1-5,10-12H,6-8H2. The minimum absolute atomic E-state index is 0.0650. The summed E-state index contributed by atoms with van der Waals surface area (Å²) in [6, 6.07) is 8.90. The van der Waals surface area contributed by atoms with Gasteiger partial charge in [0.1, 0.15) is 12.2 Å². The molecule has 2 aliphatic rings. The summed E-state index contributed by atoms with van der Waals surface area (Å²) in [5.74, 6) is -0.551. The second kappa shape index (κ2) is 4.44. The Kier molecular flexibility index (Phi) is 2.78. The van der Waals surface area contributed by atoms with Crippen LogP contribution >= 0.6 is 0 Å². The number of ether oxygens (including phenoxy) is 2. The van der Waals surface area contributed by atoms with Gasteiger partial charge in [-0.2, -0.15) is 0 Å². The molecule has 0 radical (unpaired) electrons. The molecule has 1 aliphatic heterocycles. The minimum Gasteiger partial charge on any atom is -0.462 e. The molecule has 1 heterocycles. The van der Waals surface area contributed by atoms with Crippen LogP contribution in [0.4, 0.5) is 0 Å². The summed E-state index contributed by atoms with van der Waals surface area (Å²) < 4.78 is 10.6. The molecule has 2 fully saturated rings. The lowest BCUT2D eigenvalue weighted by atomic mass is 9.88. The molecular formula is C14H14O4. The van der Waals surface area contributed by atoms with Crippen molar-refractivity contribution in [3.8, 4) is 0 Å². The van der Waals surface area contributed by atoms with E-state index in [1.165, 1.54) is 0 Å². The monoisotopic (exact) mass is 246 g/mol. The quantitative estimate of drug-likeness (QED) is 0.748. The summed E-state index contributed by atoms with van der Waals surface area (Å²) in [5.41, 5.74) is 0.544. The molecule has 3 unspecified atom stereocenters. The van der Waals surface area contributed by atoms with Gasteiger partial charge in [0.05, 0.1) is 11.5 Å². The molecule has 0 spiro atoms. The molecule has 3 atom stereocenters. The molecule has 0 aromatic heterocycles. The molecule has 1 aromatic carbocycles. The number of hydrogen-bond donors (Lipinski definition) is 0. The maximum Gasteiger partial charge on any atom is 0.338 e. The first-order valence-electron chi connectivity index (χ1n) is 6.19. The molecule has 0 N–H and O–H groups in total. The lowest BCUT2D eigenvalue weighted by Gasteiger charge is -2.24. The SMILES string of the molecule is O=C(OC1CC2CC(C1)C(=O)O2)c1ccccc1.